The van der Waals surface area contributed by atoms with Crippen LogP contribution in [0.5, 0.6) is 5.75 Å². The van der Waals surface area contributed by atoms with Gasteiger partial charge < -0.3 is 24.1 Å². The Morgan fingerprint density at radius 1 is 0.946 bits per heavy atom. The second-order valence-corrected chi connectivity index (χ2v) is 9.58. The normalized spacial score (nSPS) is 18.1. The second-order valence-electron chi connectivity index (χ2n) is 9.58. The number of aromatic nitrogens is 1. The maximum atomic E-state index is 13.1. The van der Waals surface area contributed by atoms with Gasteiger partial charge in [0.15, 0.2) is 5.69 Å². The van der Waals surface area contributed by atoms with Gasteiger partial charge in [0.05, 0.1) is 25.4 Å². The SMILES string of the molecule is COc1ccccc1N1CCN(C(=O)c2coc(CN3CCN(CC(O)c4ccccc4)CC3)n2)CC1. The van der Waals surface area contributed by atoms with E-state index in [0.29, 0.717) is 37.8 Å². The predicted molar refractivity (Wildman–Crippen MR) is 141 cm³/mol. The number of oxazole rings is 1. The summed E-state index contributed by atoms with van der Waals surface area (Å²) < 4.78 is 11.2. The zero-order valence-electron chi connectivity index (χ0n) is 21.3. The van der Waals surface area contributed by atoms with Crippen molar-refractivity contribution in [3.8, 4) is 5.75 Å². The van der Waals surface area contributed by atoms with Gasteiger partial charge in [-0.2, -0.15) is 0 Å². The molecule has 3 aromatic rings. The summed E-state index contributed by atoms with van der Waals surface area (Å²) in [5.74, 6) is 1.32. The molecule has 5 rings (SSSR count). The summed E-state index contributed by atoms with van der Waals surface area (Å²) >= 11 is 0. The van der Waals surface area contributed by atoms with Crippen molar-refractivity contribution in [1.82, 2.24) is 19.7 Å². The van der Waals surface area contributed by atoms with Crippen molar-refractivity contribution in [3.05, 3.63) is 78.0 Å². The van der Waals surface area contributed by atoms with Gasteiger partial charge in [-0.25, -0.2) is 4.98 Å². The van der Waals surface area contributed by atoms with Crippen LogP contribution in [-0.4, -0.2) is 96.7 Å². The highest BCUT2D eigenvalue weighted by Gasteiger charge is 2.26. The molecule has 2 saturated heterocycles. The average molecular weight is 506 g/mol. The number of amides is 1. The summed E-state index contributed by atoms with van der Waals surface area (Å²) in [6.45, 7) is 7.37. The molecule has 1 amide bonds. The van der Waals surface area contributed by atoms with Crippen LogP contribution in [0.25, 0.3) is 0 Å². The Kier molecular flexibility index (Phi) is 8.03. The number of β-amino-alcohol motifs (C(OH)–C–C–N with tert-alkyl or cyclic N) is 1. The first kappa shape index (κ1) is 25.3. The van der Waals surface area contributed by atoms with Gasteiger partial charge >= 0.3 is 0 Å². The molecule has 1 atom stereocenters. The summed E-state index contributed by atoms with van der Waals surface area (Å²) in [6.07, 6.45) is 1.00. The Labute approximate surface area is 217 Å². The van der Waals surface area contributed by atoms with E-state index in [1.807, 2.05) is 59.5 Å². The average Bonchev–Trinajstić information content (AvgIpc) is 3.42. The van der Waals surface area contributed by atoms with Crippen LogP contribution < -0.4 is 9.64 Å². The summed E-state index contributed by atoms with van der Waals surface area (Å²) in [5.41, 5.74) is 2.36. The molecular weight excluding hydrogens is 470 g/mol. The summed E-state index contributed by atoms with van der Waals surface area (Å²) in [6, 6.07) is 17.7. The van der Waals surface area contributed by atoms with Crippen LogP contribution in [-0.2, 0) is 6.54 Å². The van der Waals surface area contributed by atoms with Crippen LogP contribution in [0.4, 0.5) is 5.69 Å². The number of hydrogen-bond acceptors (Lipinski definition) is 8. The highest BCUT2D eigenvalue weighted by Crippen LogP contribution is 2.28. The van der Waals surface area contributed by atoms with Crippen molar-refractivity contribution < 1.29 is 19.1 Å². The predicted octanol–water partition coefficient (Wildman–Crippen LogP) is 2.50. The van der Waals surface area contributed by atoms with E-state index in [1.165, 1.54) is 6.26 Å². The first-order valence-electron chi connectivity index (χ1n) is 12.9. The molecule has 0 radical (unpaired) electrons. The lowest BCUT2D eigenvalue weighted by Gasteiger charge is -2.36. The molecule has 2 aliphatic rings. The fourth-order valence-electron chi connectivity index (χ4n) is 5.03. The zero-order valence-corrected chi connectivity index (χ0v) is 21.3. The van der Waals surface area contributed by atoms with Crippen molar-refractivity contribution in [2.75, 3.05) is 70.9 Å². The largest absolute Gasteiger partial charge is 0.495 e. The van der Waals surface area contributed by atoms with E-state index in [2.05, 4.69) is 19.7 Å². The lowest BCUT2D eigenvalue weighted by Crippen LogP contribution is -2.49. The Morgan fingerprint density at radius 3 is 2.35 bits per heavy atom. The third-order valence-corrected chi connectivity index (χ3v) is 7.20. The first-order chi connectivity index (χ1) is 18.1. The smallest absolute Gasteiger partial charge is 0.275 e. The molecule has 37 heavy (non-hydrogen) atoms. The number of para-hydroxylation sites is 2. The number of aliphatic hydroxyl groups is 1. The summed E-state index contributed by atoms with van der Waals surface area (Å²) in [7, 11) is 1.68. The van der Waals surface area contributed by atoms with E-state index in [9.17, 15) is 9.90 Å². The Bertz CT molecular complexity index is 1150. The minimum atomic E-state index is -0.482. The van der Waals surface area contributed by atoms with Crippen LogP contribution in [0.15, 0.2) is 65.3 Å². The van der Waals surface area contributed by atoms with Crippen LogP contribution in [0.2, 0.25) is 0 Å². The fraction of sp³-hybridized carbons (Fsp3) is 0.429. The van der Waals surface area contributed by atoms with Gasteiger partial charge in [-0.15, -0.1) is 0 Å². The monoisotopic (exact) mass is 505 g/mol. The van der Waals surface area contributed by atoms with Gasteiger partial charge in [-0.1, -0.05) is 42.5 Å². The first-order valence-corrected chi connectivity index (χ1v) is 12.9. The van der Waals surface area contributed by atoms with Crippen molar-refractivity contribution >= 4 is 11.6 Å². The van der Waals surface area contributed by atoms with Crippen LogP contribution in [0.3, 0.4) is 0 Å². The fourth-order valence-corrected chi connectivity index (χ4v) is 5.03. The molecule has 1 unspecified atom stereocenters. The van der Waals surface area contributed by atoms with Crippen molar-refractivity contribution in [1.29, 1.82) is 0 Å². The number of methoxy groups -OCH3 is 1. The molecular formula is C28H35N5O4. The third-order valence-electron chi connectivity index (χ3n) is 7.20. The Morgan fingerprint density at radius 2 is 1.62 bits per heavy atom. The van der Waals surface area contributed by atoms with Gasteiger partial charge in [0.2, 0.25) is 5.89 Å². The molecule has 2 fully saturated rings. The number of carbonyl (C=O) groups is 1. The summed E-state index contributed by atoms with van der Waals surface area (Å²) in [5, 5.41) is 10.5. The molecule has 1 N–H and O–H groups in total. The highest BCUT2D eigenvalue weighted by atomic mass is 16.5. The van der Waals surface area contributed by atoms with E-state index in [0.717, 1.165) is 56.3 Å². The molecule has 3 heterocycles. The number of rotatable bonds is 8. The maximum absolute atomic E-state index is 13.1. The van der Waals surface area contributed by atoms with E-state index < -0.39 is 6.10 Å². The van der Waals surface area contributed by atoms with Gasteiger partial charge in [-0.05, 0) is 17.7 Å². The molecule has 1 aromatic heterocycles. The molecule has 2 aromatic carbocycles. The number of carbonyl (C=O) groups excluding carboxylic acids is 1. The van der Waals surface area contributed by atoms with Crippen LogP contribution in [0.1, 0.15) is 28.0 Å². The number of ether oxygens (including phenoxy) is 1. The molecule has 0 aliphatic carbocycles. The Balaban J connectivity index is 1.08. The van der Waals surface area contributed by atoms with Crippen molar-refractivity contribution in [2.24, 2.45) is 0 Å². The summed E-state index contributed by atoms with van der Waals surface area (Å²) in [4.78, 5) is 26.2. The van der Waals surface area contributed by atoms with E-state index in [-0.39, 0.29) is 5.91 Å². The molecule has 9 heteroatoms. The van der Waals surface area contributed by atoms with Gasteiger partial charge in [0, 0.05) is 58.9 Å². The van der Waals surface area contributed by atoms with E-state index >= 15 is 0 Å². The highest BCUT2D eigenvalue weighted by molar-refractivity contribution is 5.92. The molecule has 0 spiro atoms. The van der Waals surface area contributed by atoms with E-state index in [1.54, 1.807) is 7.11 Å². The van der Waals surface area contributed by atoms with Gasteiger partial charge in [-0.3, -0.25) is 14.6 Å². The second kappa shape index (κ2) is 11.8. The standard InChI is InChI=1S/C28H35N5O4/c1-36-26-10-6-5-9-24(26)32-15-17-33(18-16-32)28(35)23-21-37-27(29-23)20-31-13-11-30(12-14-31)19-25(34)22-7-3-2-4-8-22/h2-10,21,25,34H,11-20H2,1H3. The van der Waals surface area contributed by atoms with Crippen molar-refractivity contribution in [2.45, 2.75) is 12.6 Å². The molecule has 9 nitrogen and oxygen atoms in total. The van der Waals surface area contributed by atoms with Crippen molar-refractivity contribution in [3.63, 3.8) is 0 Å². The van der Waals surface area contributed by atoms with E-state index in [4.69, 9.17) is 9.15 Å². The minimum absolute atomic E-state index is 0.0885. The molecule has 0 bridgehead atoms. The number of benzene rings is 2. The number of piperazine rings is 2. The Hall–Kier alpha value is -3.40. The minimum Gasteiger partial charge on any atom is -0.495 e. The lowest BCUT2D eigenvalue weighted by atomic mass is 10.1. The molecule has 2 aliphatic heterocycles. The molecule has 196 valence electrons. The quantitative estimate of drug-likeness (QED) is 0.500. The number of hydrogen-bond donors (Lipinski definition) is 1. The zero-order chi connectivity index (χ0) is 25.6. The van der Waals surface area contributed by atoms with Crippen LogP contribution in [0, 0.1) is 0 Å². The number of nitrogens with zero attached hydrogens (tertiary/aromatic N) is 5. The molecule has 0 saturated carbocycles. The number of aliphatic hydroxyl groups excluding tert-OH is 1. The number of anilines is 1. The van der Waals surface area contributed by atoms with Gasteiger partial charge in [0.1, 0.15) is 12.0 Å². The third kappa shape index (κ3) is 6.12. The van der Waals surface area contributed by atoms with Gasteiger partial charge in [0.25, 0.3) is 5.91 Å². The lowest BCUT2D eigenvalue weighted by molar-refractivity contribution is 0.0671. The maximum Gasteiger partial charge on any atom is 0.275 e. The van der Waals surface area contributed by atoms with Crippen LogP contribution >= 0.6 is 0 Å². The topological polar surface area (TPSA) is 85.5 Å².